The van der Waals surface area contributed by atoms with Crippen LogP contribution in [0, 0.1) is 17.8 Å². The lowest BCUT2D eigenvalue weighted by molar-refractivity contribution is -0.136. The molecule has 45 heavy (non-hydrogen) atoms. The van der Waals surface area contributed by atoms with E-state index in [1.165, 1.54) is 64.5 Å². The summed E-state index contributed by atoms with van der Waals surface area (Å²) >= 11 is 0. The van der Waals surface area contributed by atoms with E-state index >= 15 is 0 Å². The van der Waals surface area contributed by atoms with Gasteiger partial charge in [0.05, 0.1) is 12.6 Å². The fourth-order valence-corrected chi connectivity index (χ4v) is 6.20. The topological polar surface area (TPSA) is 102 Å². The third kappa shape index (κ3) is 15.6. The van der Waals surface area contributed by atoms with Crippen molar-refractivity contribution in [2.24, 2.45) is 17.8 Å². The summed E-state index contributed by atoms with van der Waals surface area (Å²) in [4.78, 5) is 54.7. The number of hydrogen-bond acceptors (Lipinski definition) is 5. The van der Waals surface area contributed by atoms with E-state index in [2.05, 4.69) is 50.2 Å². The first kappa shape index (κ1) is 40.6. The number of carbonyl (C=O) groups is 4. The summed E-state index contributed by atoms with van der Waals surface area (Å²) in [5.41, 5.74) is 0.527. The quantitative estimate of drug-likeness (QED) is 0.235. The molecule has 0 aromatic rings. The first-order valence-corrected chi connectivity index (χ1v) is 17.7. The van der Waals surface area contributed by atoms with Crippen molar-refractivity contribution < 1.29 is 19.2 Å². The minimum absolute atomic E-state index is 0.0538. The summed E-state index contributed by atoms with van der Waals surface area (Å²) < 4.78 is 0. The van der Waals surface area contributed by atoms with Crippen LogP contribution in [0.2, 0.25) is 0 Å². The molecule has 9 heteroatoms. The van der Waals surface area contributed by atoms with Gasteiger partial charge in [0.2, 0.25) is 24.1 Å². The highest BCUT2D eigenvalue weighted by molar-refractivity contribution is 5.97. The van der Waals surface area contributed by atoms with E-state index in [4.69, 9.17) is 0 Å². The molecule has 1 saturated carbocycles. The van der Waals surface area contributed by atoms with Gasteiger partial charge in [-0.05, 0) is 90.1 Å². The van der Waals surface area contributed by atoms with Crippen molar-refractivity contribution in [1.82, 2.24) is 25.3 Å². The molecule has 9 nitrogen and oxygen atoms in total. The van der Waals surface area contributed by atoms with Gasteiger partial charge < -0.3 is 25.3 Å². The van der Waals surface area contributed by atoms with E-state index in [9.17, 15) is 19.2 Å². The highest BCUT2D eigenvalue weighted by atomic mass is 16.2. The normalized spacial score (nSPS) is 20.1. The van der Waals surface area contributed by atoms with Crippen molar-refractivity contribution >= 4 is 24.1 Å². The molecule has 0 aromatic carbocycles. The van der Waals surface area contributed by atoms with Crippen molar-refractivity contribution in [3.8, 4) is 0 Å². The van der Waals surface area contributed by atoms with Gasteiger partial charge in [0.25, 0.3) is 0 Å². The zero-order valence-electron chi connectivity index (χ0n) is 30.2. The van der Waals surface area contributed by atoms with Gasteiger partial charge in [0, 0.05) is 31.8 Å². The number of rotatable bonds is 11. The number of carbonyl (C=O) groups excluding carboxylic acids is 4. The molecule has 0 spiro atoms. The first-order valence-electron chi connectivity index (χ1n) is 17.7. The van der Waals surface area contributed by atoms with Crippen LogP contribution in [0.4, 0.5) is 0 Å². The van der Waals surface area contributed by atoms with Crippen LogP contribution in [0.3, 0.4) is 0 Å². The van der Waals surface area contributed by atoms with Crippen molar-refractivity contribution in [2.45, 2.75) is 138 Å². The zero-order chi connectivity index (χ0) is 33.9. The van der Waals surface area contributed by atoms with Gasteiger partial charge in [-0.3, -0.25) is 19.2 Å². The molecule has 2 atom stereocenters. The fourth-order valence-electron chi connectivity index (χ4n) is 6.20. The molecule has 3 aliphatic rings. The molecule has 0 bridgehead atoms. The van der Waals surface area contributed by atoms with Gasteiger partial charge >= 0.3 is 0 Å². The van der Waals surface area contributed by atoms with Crippen LogP contribution < -0.4 is 10.6 Å². The predicted octanol–water partition coefficient (Wildman–Crippen LogP) is 5.39. The van der Waals surface area contributed by atoms with Gasteiger partial charge in [-0.2, -0.15) is 0 Å². The van der Waals surface area contributed by atoms with Crippen molar-refractivity contribution in [3.05, 3.63) is 11.6 Å². The van der Waals surface area contributed by atoms with Crippen LogP contribution in [0.25, 0.3) is 0 Å². The summed E-state index contributed by atoms with van der Waals surface area (Å²) in [5.74, 6) is 1.03. The number of nitrogens with zero attached hydrogens (tertiary/aromatic N) is 3. The number of likely N-dealkylation sites (N-methyl/N-ethyl adjacent to an activating group) is 1. The van der Waals surface area contributed by atoms with Crippen LogP contribution in [-0.2, 0) is 19.2 Å². The van der Waals surface area contributed by atoms with Crippen molar-refractivity contribution in [2.75, 3.05) is 39.8 Å². The molecule has 3 fully saturated rings. The van der Waals surface area contributed by atoms with Crippen LogP contribution in [-0.4, -0.2) is 96.7 Å². The lowest BCUT2D eigenvalue weighted by Gasteiger charge is -2.30. The van der Waals surface area contributed by atoms with Gasteiger partial charge in [0.15, 0.2) is 0 Å². The fraction of sp³-hybridized carbons (Fsp3) is 0.833. The highest BCUT2D eigenvalue weighted by Crippen LogP contribution is 2.24. The Morgan fingerprint density at radius 3 is 1.93 bits per heavy atom. The van der Waals surface area contributed by atoms with E-state index in [1.54, 1.807) is 29.8 Å². The Balaban J connectivity index is 0.000000644. The SMILES string of the molecule is C/C(=C\[C@H](C(C)C)N(C)C(=O)CNC=O)C(=O)N1CCC[C@H]1C(=O)NCC1CCCCC1.CC(C)C.CC(C)N1CCCCC1. The number of piperidine rings is 1. The van der Waals surface area contributed by atoms with Crippen LogP contribution >= 0.6 is 0 Å². The summed E-state index contributed by atoms with van der Waals surface area (Å²) in [5, 5.41) is 5.47. The molecule has 2 N–H and O–H groups in total. The molecule has 260 valence electrons. The minimum Gasteiger partial charge on any atom is -0.354 e. The van der Waals surface area contributed by atoms with Crippen LogP contribution in [0.1, 0.15) is 120 Å². The molecular weight excluding hydrogens is 566 g/mol. The van der Waals surface area contributed by atoms with Crippen LogP contribution in [0.15, 0.2) is 11.6 Å². The average Bonchev–Trinajstić information content (AvgIpc) is 3.51. The van der Waals surface area contributed by atoms with Crippen LogP contribution in [0.5, 0.6) is 0 Å². The Morgan fingerprint density at radius 2 is 1.42 bits per heavy atom. The molecule has 0 radical (unpaired) electrons. The summed E-state index contributed by atoms with van der Waals surface area (Å²) in [6.45, 7) is 20.6. The second-order valence-electron chi connectivity index (χ2n) is 14.4. The first-order chi connectivity index (χ1) is 21.3. The van der Waals surface area contributed by atoms with Crippen molar-refractivity contribution in [1.29, 1.82) is 0 Å². The van der Waals surface area contributed by atoms with E-state index in [0.29, 0.717) is 37.4 Å². The molecule has 2 saturated heterocycles. The van der Waals surface area contributed by atoms with Gasteiger partial charge in [-0.1, -0.05) is 66.4 Å². The smallest absolute Gasteiger partial charge is 0.249 e. The maximum atomic E-state index is 13.2. The summed E-state index contributed by atoms with van der Waals surface area (Å²) in [7, 11) is 1.67. The van der Waals surface area contributed by atoms with Gasteiger partial charge in [0.1, 0.15) is 6.04 Å². The predicted molar refractivity (Wildman–Crippen MR) is 185 cm³/mol. The standard InChI is InChI=1S/C24H40N4O4.C8H17N.C4H10/c1-17(2)21(27(4)22(30)15-25-16-29)13-18(3)24(32)28-12-8-11-20(28)23(31)26-14-19-9-6-5-7-10-19;1-8(2)9-6-4-3-5-7-9;1-4(2)3/h13,16-17,19-21H,5-12,14-15H2,1-4H3,(H,25,29)(H,26,31);8H,3-7H2,1-2H3;4H,1-3H3/b18-13+;;/t20-,21+;;/m0../s1. The van der Waals surface area contributed by atoms with E-state index in [-0.39, 0.29) is 36.2 Å². The van der Waals surface area contributed by atoms with E-state index in [1.807, 2.05) is 13.8 Å². The van der Waals surface area contributed by atoms with Crippen molar-refractivity contribution in [3.63, 3.8) is 0 Å². The molecule has 2 aliphatic heterocycles. The second-order valence-corrected chi connectivity index (χ2v) is 14.4. The number of likely N-dealkylation sites (tertiary alicyclic amines) is 2. The molecule has 3 rings (SSSR count). The number of nitrogens with one attached hydrogen (secondary N) is 2. The van der Waals surface area contributed by atoms with E-state index in [0.717, 1.165) is 18.4 Å². The highest BCUT2D eigenvalue weighted by Gasteiger charge is 2.35. The average molecular weight is 634 g/mol. The maximum absolute atomic E-state index is 13.2. The Bertz CT molecular complexity index is 904. The molecule has 4 amide bonds. The Hall–Kier alpha value is -2.42. The summed E-state index contributed by atoms with van der Waals surface area (Å²) in [6.07, 6.45) is 14.2. The molecular formula is C36H67N5O4. The van der Waals surface area contributed by atoms with Gasteiger partial charge in [-0.25, -0.2) is 0 Å². The Kier molecular flexibility index (Phi) is 20.0. The second kappa shape index (κ2) is 22.2. The lowest BCUT2D eigenvalue weighted by atomic mass is 9.89. The van der Waals surface area contributed by atoms with E-state index < -0.39 is 6.04 Å². The molecule has 0 aromatic heterocycles. The number of hydrogen-bond donors (Lipinski definition) is 2. The third-order valence-corrected chi connectivity index (χ3v) is 8.85. The van der Waals surface area contributed by atoms with Gasteiger partial charge in [-0.15, -0.1) is 0 Å². The number of amides is 4. The molecule has 1 aliphatic carbocycles. The maximum Gasteiger partial charge on any atom is 0.249 e. The summed E-state index contributed by atoms with van der Waals surface area (Å²) in [6, 6.07) is 0.0504. The zero-order valence-corrected chi connectivity index (χ0v) is 30.2. The molecule has 0 unspecified atom stereocenters. The largest absolute Gasteiger partial charge is 0.354 e. The third-order valence-electron chi connectivity index (χ3n) is 8.85. The Labute approximate surface area is 275 Å². The Morgan fingerprint density at radius 1 is 0.844 bits per heavy atom. The monoisotopic (exact) mass is 634 g/mol. The lowest BCUT2D eigenvalue weighted by Crippen LogP contribution is -2.47. The minimum atomic E-state index is -0.428. The molecule has 2 heterocycles.